The molecule has 2 unspecified atom stereocenters. The van der Waals surface area contributed by atoms with Gasteiger partial charge in [0.05, 0.1) is 0 Å². The van der Waals surface area contributed by atoms with Crippen LogP contribution in [0.5, 0.6) is 0 Å². The van der Waals surface area contributed by atoms with E-state index in [1.165, 1.54) is 19.3 Å². The van der Waals surface area contributed by atoms with Crippen molar-refractivity contribution in [1.82, 2.24) is 0 Å². The molecule has 0 aliphatic heterocycles. The number of nitrogens with one attached hydrogen (secondary N) is 1. The molecule has 0 amide bonds. The van der Waals surface area contributed by atoms with E-state index in [4.69, 9.17) is 5.73 Å². The SMILES string of the molecule is Nc1ccc(NCC2CCCC2CO)c(I)c1. The summed E-state index contributed by atoms with van der Waals surface area (Å²) < 4.78 is 1.15. The summed E-state index contributed by atoms with van der Waals surface area (Å²) in [6, 6.07) is 5.92. The molecule has 1 aliphatic carbocycles. The highest BCUT2D eigenvalue weighted by Gasteiger charge is 2.26. The van der Waals surface area contributed by atoms with Crippen LogP contribution in [0, 0.1) is 15.4 Å². The van der Waals surface area contributed by atoms with Gasteiger partial charge in [0.1, 0.15) is 0 Å². The van der Waals surface area contributed by atoms with Crippen LogP contribution in [0.1, 0.15) is 19.3 Å². The van der Waals surface area contributed by atoms with Gasteiger partial charge in [-0.3, -0.25) is 0 Å². The monoisotopic (exact) mass is 346 g/mol. The van der Waals surface area contributed by atoms with Crippen molar-refractivity contribution < 1.29 is 5.11 Å². The number of aliphatic hydroxyl groups is 1. The van der Waals surface area contributed by atoms with Crippen LogP contribution < -0.4 is 11.1 Å². The lowest BCUT2D eigenvalue weighted by molar-refractivity contribution is 0.199. The van der Waals surface area contributed by atoms with Gasteiger partial charge in [-0.2, -0.15) is 0 Å². The Bertz CT molecular complexity index is 384. The van der Waals surface area contributed by atoms with Crippen molar-refractivity contribution in [3.63, 3.8) is 0 Å². The van der Waals surface area contributed by atoms with Crippen molar-refractivity contribution in [3.8, 4) is 0 Å². The van der Waals surface area contributed by atoms with Crippen molar-refractivity contribution in [1.29, 1.82) is 0 Å². The lowest BCUT2D eigenvalue weighted by Gasteiger charge is -2.19. The first kappa shape index (κ1) is 13.0. The van der Waals surface area contributed by atoms with Gasteiger partial charge in [0.15, 0.2) is 0 Å². The maximum atomic E-state index is 9.28. The molecule has 4 N–H and O–H groups in total. The predicted molar refractivity (Wildman–Crippen MR) is 80.0 cm³/mol. The van der Waals surface area contributed by atoms with E-state index in [1.807, 2.05) is 18.2 Å². The van der Waals surface area contributed by atoms with Crippen molar-refractivity contribution in [2.45, 2.75) is 19.3 Å². The predicted octanol–water partition coefficient (Wildman–Crippen LogP) is 2.69. The number of aliphatic hydroxyl groups excluding tert-OH is 1. The van der Waals surface area contributed by atoms with Gasteiger partial charge in [-0.05, 0) is 65.5 Å². The average Bonchev–Trinajstić information content (AvgIpc) is 2.75. The summed E-state index contributed by atoms with van der Waals surface area (Å²) in [7, 11) is 0. The summed E-state index contributed by atoms with van der Waals surface area (Å²) >= 11 is 2.30. The Morgan fingerprint density at radius 3 is 2.82 bits per heavy atom. The van der Waals surface area contributed by atoms with Gasteiger partial charge < -0.3 is 16.2 Å². The Hall–Kier alpha value is -0.490. The maximum absolute atomic E-state index is 9.28. The lowest BCUT2D eigenvalue weighted by atomic mass is 9.97. The number of halogens is 1. The largest absolute Gasteiger partial charge is 0.399 e. The standard InChI is InChI=1S/C13H19IN2O/c14-12-6-11(15)4-5-13(12)16-7-9-2-1-3-10(9)8-17/h4-6,9-10,16-17H,1-3,7-8,15H2. The van der Waals surface area contributed by atoms with Gasteiger partial charge >= 0.3 is 0 Å². The fourth-order valence-corrected chi connectivity index (χ4v) is 3.27. The van der Waals surface area contributed by atoms with E-state index in [9.17, 15) is 5.11 Å². The molecule has 2 rings (SSSR count). The molecule has 4 heteroatoms. The van der Waals surface area contributed by atoms with Crippen molar-refractivity contribution in [2.24, 2.45) is 11.8 Å². The van der Waals surface area contributed by atoms with Crippen LogP contribution in [0.25, 0.3) is 0 Å². The molecule has 3 nitrogen and oxygen atoms in total. The lowest BCUT2D eigenvalue weighted by Crippen LogP contribution is -2.21. The summed E-state index contributed by atoms with van der Waals surface area (Å²) in [6.07, 6.45) is 3.64. The molecule has 0 heterocycles. The normalized spacial score (nSPS) is 23.9. The Kier molecular flexibility index (Phi) is 4.50. The Morgan fingerprint density at radius 1 is 1.35 bits per heavy atom. The molecule has 17 heavy (non-hydrogen) atoms. The molecular weight excluding hydrogens is 327 g/mol. The van der Waals surface area contributed by atoms with E-state index in [0.29, 0.717) is 18.4 Å². The van der Waals surface area contributed by atoms with Crippen LogP contribution in [0.15, 0.2) is 18.2 Å². The van der Waals surface area contributed by atoms with Gasteiger partial charge in [-0.15, -0.1) is 0 Å². The first-order valence-corrected chi connectivity index (χ1v) is 7.18. The van der Waals surface area contributed by atoms with Crippen LogP contribution in [0.2, 0.25) is 0 Å². The van der Waals surface area contributed by atoms with Crippen molar-refractivity contribution in [3.05, 3.63) is 21.8 Å². The quantitative estimate of drug-likeness (QED) is 0.580. The smallest absolute Gasteiger partial charge is 0.0477 e. The third-order valence-corrected chi connectivity index (χ3v) is 4.49. The third-order valence-electron chi connectivity index (χ3n) is 3.60. The second-order valence-electron chi connectivity index (χ2n) is 4.75. The summed E-state index contributed by atoms with van der Waals surface area (Å²) in [4.78, 5) is 0. The molecule has 1 fully saturated rings. The summed E-state index contributed by atoms with van der Waals surface area (Å²) in [5.74, 6) is 1.09. The molecule has 0 aromatic heterocycles. The van der Waals surface area contributed by atoms with E-state index in [0.717, 1.165) is 21.5 Å². The molecule has 0 bridgehead atoms. The minimum absolute atomic E-state index is 0.325. The summed E-state index contributed by atoms with van der Waals surface area (Å²) in [5.41, 5.74) is 7.67. The van der Waals surface area contributed by atoms with E-state index < -0.39 is 0 Å². The molecule has 1 aliphatic rings. The number of rotatable bonds is 4. The molecule has 1 aromatic rings. The topological polar surface area (TPSA) is 58.3 Å². The van der Waals surface area contributed by atoms with E-state index in [1.54, 1.807) is 0 Å². The van der Waals surface area contributed by atoms with Gasteiger partial charge in [-0.25, -0.2) is 0 Å². The third kappa shape index (κ3) is 3.25. The van der Waals surface area contributed by atoms with Gasteiger partial charge in [0.25, 0.3) is 0 Å². The fraction of sp³-hybridized carbons (Fsp3) is 0.538. The molecule has 1 saturated carbocycles. The van der Waals surface area contributed by atoms with Crippen LogP contribution in [0.4, 0.5) is 11.4 Å². The van der Waals surface area contributed by atoms with Crippen molar-refractivity contribution >= 4 is 34.0 Å². The highest BCUT2D eigenvalue weighted by Crippen LogP contribution is 2.32. The number of benzene rings is 1. The summed E-state index contributed by atoms with van der Waals surface area (Å²) in [5, 5.41) is 12.8. The molecule has 1 aromatic carbocycles. The van der Waals surface area contributed by atoms with Gasteiger partial charge in [-0.1, -0.05) is 6.42 Å². The highest BCUT2D eigenvalue weighted by atomic mass is 127. The molecule has 0 saturated heterocycles. The number of anilines is 2. The van der Waals surface area contributed by atoms with Crippen molar-refractivity contribution in [2.75, 3.05) is 24.2 Å². The first-order chi connectivity index (χ1) is 8.20. The van der Waals surface area contributed by atoms with Crippen LogP contribution in [-0.4, -0.2) is 18.3 Å². The maximum Gasteiger partial charge on any atom is 0.0477 e. The van der Waals surface area contributed by atoms with E-state index in [-0.39, 0.29) is 0 Å². The molecule has 2 atom stereocenters. The van der Waals surface area contributed by atoms with Crippen LogP contribution in [-0.2, 0) is 0 Å². The average molecular weight is 346 g/mol. The Labute approximate surface area is 116 Å². The zero-order valence-electron chi connectivity index (χ0n) is 9.82. The zero-order chi connectivity index (χ0) is 12.3. The van der Waals surface area contributed by atoms with Crippen LogP contribution >= 0.6 is 22.6 Å². The second-order valence-corrected chi connectivity index (χ2v) is 5.92. The minimum Gasteiger partial charge on any atom is -0.399 e. The number of nitrogen functional groups attached to an aromatic ring is 1. The molecule has 0 radical (unpaired) electrons. The van der Waals surface area contributed by atoms with E-state index >= 15 is 0 Å². The molecular formula is C13H19IN2O. The van der Waals surface area contributed by atoms with Gasteiger partial charge in [0.2, 0.25) is 0 Å². The minimum atomic E-state index is 0.325. The first-order valence-electron chi connectivity index (χ1n) is 6.10. The number of hydrogen-bond acceptors (Lipinski definition) is 3. The Balaban J connectivity index is 1.93. The van der Waals surface area contributed by atoms with Gasteiger partial charge in [0, 0.05) is 28.1 Å². The molecule has 0 spiro atoms. The number of hydrogen-bond donors (Lipinski definition) is 3. The number of nitrogens with two attached hydrogens (primary N) is 1. The van der Waals surface area contributed by atoms with E-state index in [2.05, 4.69) is 27.9 Å². The van der Waals surface area contributed by atoms with Crippen LogP contribution in [0.3, 0.4) is 0 Å². The zero-order valence-corrected chi connectivity index (χ0v) is 12.0. The Morgan fingerprint density at radius 2 is 2.12 bits per heavy atom. The second kappa shape index (κ2) is 5.91. The molecule has 94 valence electrons. The summed E-state index contributed by atoms with van der Waals surface area (Å²) in [6.45, 7) is 1.27. The fourth-order valence-electron chi connectivity index (χ4n) is 2.54. The highest BCUT2D eigenvalue weighted by molar-refractivity contribution is 14.1.